The molecule has 1 saturated carbocycles. The molecule has 15 nitrogen and oxygen atoms in total. The number of piperazine rings is 1. The summed E-state index contributed by atoms with van der Waals surface area (Å²) < 4.78 is 34.9. The Hall–Kier alpha value is -6.41. The van der Waals surface area contributed by atoms with Gasteiger partial charge in [-0.1, -0.05) is 24.5 Å². The number of benzene rings is 3. The molecule has 6 aliphatic rings. The largest absolute Gasteiger partial charge is 0.468 e. The SMILES string of the molecule is C#Cc1cccc2cc(OCOC)cc(-c3ncc4c(N5CC6CCC(C6)C5)nc(OC[C@@H]5CCCN5CCCCCN5CCN(c6ccc7c(c6)CN([C@H]6CCC(=O)NC6=O)C7=O)CC5)nc4c3F)c12. The first-order valence-electron chi connectivity index (χ1n) is 25.6. The first-order valence-corrected chi connectivity index (χ1v) is 25.6. The van der Waals surface area contributed by atoms with E-state index in [0.717, 1.165) is 108 Å². The molecule has 7 heterocycles. The third-order valence-corrected chi connectivity index (χ3v) is 15.8. The molecule has 0 spiro atoms. The molecule has 370 valence electrons. The van der Waals surface area contributed by atoms with E-state index >= 15 is 4.39 Å². The topological polar surface area (TPSA) is 146 Å². The third kappa shape index (κ3) is 9.59. The predicted molar refractivity (Wildman–Crippen MR) is 269 cm³/mol. The monoisotopic (exact) mass is 963 g/mol. The number of imide groups is 1. The van der Waals surface area contributed by atoms with E-state index < -0.39 is 11.9 Å². The fraction of sp³-hybridized carbons (Fsp3) is 0.491. The highest BCUT2D eigenvalue weighted by molar-refractivity contribution is 6.06. The Labute approximate surface area is 414 Å². The zero-order chi connectivity index (χ0) is 48.6. The quantitative estimate of drug-likeness (QED) is 0.0481. The molecule has 5 aliphatic heterocycles. The van der Waals surface area contributed by atoms with Gasteiger partial charge < -0.3 is 28.9 Å². The molecule has 2 bridgehead atoms. The van der Waals surface area contributed by atoms with Gasteiger partial charge in [0, 0.05) is 99.3 Å². The van der Waals surface area contributed by atoms with Crippen LogP contribution in [0.25, 0.3) is 32.9 Å². The molecule has 4 atom stereocenters. The van der Waals surface area contributed by atoms with Crippen molar-refractivity contribution in [2.75, 3.05) is 89.2 Å². The summed E-state index contributed by atoms with van der Waals surface area (Å²) >= 11 is 0. The van der Waals surface area contributed by atoms with Gasteiger partial charge in [-0.3, -0.25) is 34.5 Å². The highest BCUT2D eigenvalue weighted by atomic mass is 19.1. The number of rotatable bonds is 16. The third-order valence-electron chi connectivity index (χ3n) is 15.8. The first-order chi connectivity index (χ1) is 34.7. The number of pyridine rings is 1. The van der Waals surface area contributed by atoms with Crippen molar-refractivity contribution >= 4 is 50.9 Å². The van der Waals surface area contributed by atoms with Crippen LogP contribution >= 0.6 is 0 Å². The van der Waals surface area contributed by atoms with Gasteiger partial charge in [0.15, 0.2) is 12.6 Å². The van der Waals surface area contributed by atoms with E-state index in [1.54, 1.807) is 24.3 Å². The number of methoxy groups -OCH3 is 1. The number of hydrogen-bond acceptors (Lipinski definition) is 13. The Bertz CT molecular complexity index is 2890. The Balaban J connectivity index is 0.713. The van der Waals surface area contributed by atoms with Gasteiger partial charge in [-0.15, -0.1) is 6.42 Å². The molecule has 5 aromatic rings. The number of halogens is 1. The van der Waals surface area contributed by atoms with Crippen molar-refractivity contribution < 1.29 is 33.0 Å². The second kappa shape index (κ2) is 20.4. The lowest BCUT2D eigenvalue weighted by Gasteiger charge is -2.36. The summed E-state index contributed by atoms with van der Waals surface area (Å²) in [6, 6.07) is 15.1. The normalized spacial score (nSPS) is 22.7. The second-order valence-corrected chi connectivity index (χ2v) is 20.3. The molecule has 71 heavy (non-hydrogen) atoms. The van der Waals surface area contributed by atoms with E-state index in [1.165, 1.54) is 19.3 Å². The molecule has 16 heteroatoms. The second-order valence-electron chi connectivity index (χ2n) is 20.3. The van der Waals surface area contributed by atoms with Crippen molar-refractivity contribution in [2.24, 2.45) is 11.8 Å². The van der Waals surface area contributed by atoms with Crippen LogP contribution in [0.5, 0.6) is 11.8 Å². The minimum atomic E-state index is -0.609. The van der Waals surface area contributed by atoms with Crippen LogP contribution in [0.1, 0.15) is 85.7 Å². The molecule has 4 saturated heterocycles. The predicted octanol–water partition coefficient (Wildman–Crippen LogP) is 6.78. The van der Waals surface area contributed by atoms with E-state index in [4.69, 9.17) is 35.6 Å². The number of anilines is 2. The van der Waals surface area contributed by atoms with Gasteiger partial charge in [0.05, 0.1) is 5.39 Å². The van der Waals surface area contributed by atoms with Crippen LogP contribution in [0, 0.1) is 30.0 Å². The smallest absolute Gasteiger partial charge is 0.319 e. The van der Waals surface area contributed by atoms with Crippen molar-refractivity contribution in [2.45, 2.75) is 82.8 Å². The number of carbonyl (C=O) groups excluding carboxylic acids is 3. The molecule has 0 radical (unpaired) electrons. The minimum absolute atomic E-state index is 0.0318. The molecule has 2 aromatic heterocycles. The molecule has 2 unspecified atom stereocenters. The number of carbonyl (C=O) groups is 3. The Morgan fingerprint density at radius 2 is 1.70 bits per heavy atom. The maximum absolute atomic E-state index is 17.4. The van der Waals surface area contributed by atoms with Gasteiger partial charge in [-0.05, 0) is 130 Å². The highest BCUT2D eigenvalue weighted by Gasteiger charge is 2.40. The molecule has 1 N–H and O–H groups in total. The number of fused-ring (bicyclic) bond motifs is 5. The zero-order valence-corrected chi connectivity index (χ0v) is 40.5. The van der Waals surface area contributed by atoms with Gasteiger partial charge in [0.25, 0.3) is 5.91 Å². The minimum Gasteiger partial charge on any atom is -0.468 e. The van der Waals surface area contributed by atoms with Crippen molar-refractivity contribution in [3.8, 4) is 35.4 Å². The van der Waals surface area contributed by atoms with Crippen molar-refractivity contribution in [3.05, 3.63) is 77.2 Å². The lowest BCUT2D eigenvalue weighted by Crippen LogP contribution is -2.52. The lowest BCUT2D eigenvalue weighted by molar-refractivity contribution is -0.136. The van der Waals surface area contributed by atoms with Crippen molar-refractivity contribution in [3.63, 3.8) is 0 Å². The number of nitrogens with zero attached hydrogens (tertiary/aromatic N) is 8. The summed E-state index contributed by atoms with van der Waals surface area (Å²) in [5.41, 5.74) is 4.13. The van der Waals surface area contributed by atoms with E-state index in [-0.39, 0.29) is 54.2 Å². The van der Waals surface area contributed by atoms with Gasteiger partial charge in [0.1, 0.15) is 35.4 Å². The lowest BCUT2D eigenvalue weighted by atomic mass is 9.96. The summed E-state index contributed by atoms with van der Waals surface area (Å²) in [5.74, 6) is 3.77. The molecule has 11 rings (SSSR count). The van der Waals surface area contributed by atoms with E-state index in [1.807, 2.05) is 36.4 Å². The number of amides is 3. The number of terminal acetylenes is 1. The Kier molecular flexibility index (Phi) is 13.5. The number of piperidine rings is 2. The van der Waals surface area contributed by atoms with Crippen LogP contribution in [0.2, 0.25) is 0 Å². The molecular formula is C55H62FN9O6. The zero-order valence-electron chi connectivity index (χ0n) is 40.5. The molecule has 5 fully saturated rings. The number of unbranched alkanes of at least 4 members (excludes halogenated alkanes) is 2. The van der Waals surface area contributed by atoms with Gasteiger partial charge in [-0.2, -0.15) is 9.97 Å². The number of aromatic nitrogens is 3. The maximum atomic E-state index is 17.4. The molecular weight excluding hydrogens is 902 g/mol. The molecule has 1 aliphatic carbocycles. The Morgan fingerprint density at radius 3 is 2.51 bits per heavy atom. The fourth-order valence-corrected chi connectivity index (χ4v) is 12.2. The Morgan fingerprint density at radius 1 is 0.873 bits per heavy atom. The number of nitrogens with one attached hydrogen (secondary N) is 1. The van der Waals surface area contributed by atoms with Crippen LogP contribution < -0.4 is 24.6 Å². The van der Waals surface area contributed by atoms with Crippen LogP contribution in [-0.4, -0.2) is 139 Å². The first kappa shape index (κ1) is 46.9. The van der Waals surface area contributed by atoms with E-state index in [0.29, 0.717) is 70.4 Å². The summed E-state index contributed by atoms with van der Waals surface area (Å²) in [6.07, 6.45) is 17.4. The molecule has 3 aromatic carbocycles. The average molecular weight is 964 g/mol. The maximum Gasteiger partial charge on any atom is 0.319 e. The number of likely N-dealkylation sites (tertiary alicyclic amines) is 1. The summed E-state index contributed by atoms with van der Waals surface area (Å²) in [5, 5.41) is 4.46. The van der Waals surface area contributed by atoms with Crippen molar-refractivity contribution in [1.82, 2.24) is 35.0 Å². The van der Waals surface area contributed by atoms with Gasteiger partial charge >= 0.3 is 6.01 Å². The van der Waals surface area contributed by atoms with Crippen LogP contribution in [0.4, 0.5) is 15.9 Å². The number of hydrogen-bond donors (Lipinski definition) is 1. The van der Waals surface area contributed by atoms with E-state index in [9.17, 15) is 14.4 Å². The van der Waals surface area contributed by atoms with Gasteiger partial charge in [-0.25, -0.2) is 4.39 Å². The van der Waals surface area contributed by atoms with E-state index in [2.05, 4.69) is 36.9 Å². The summed E-state index contributed by atoms with van der Waals surface area (Å²) in [6.45, 7) is 9.42. The van der Waals surface area contributed by atoms with Crippen LogP contribution in [0.15, 0.2) is 54.7 Å². The highest BCUT2D eigenvalue weighted by Crippen LogP contribution is 2.42. The number of ether oxygens (including phenoxy) is 3. The summed E-state index contributed by atoms with van der Waals surface area (Å²) in [7, 11) is 1.55. The average Bonchev–Trinajstić information content (AvgIpc) is 4.09. The summed E-state index contributed by atoms with van der Waals surface area (Å²) in [4.78, 5) is 63.4. The standard InChI is InChI=1S/C55H62FN9O6/c1-3-37-9-7-10-38-27-42(71-34-69-2)28-44(48(37)38)50-49(56)51-45(29-57-50)52(64-30-35-12-13-36(25-35)31-64)60-55(59-51)70-33-41-11-8-20-62(41)19-6-4-5-18-61-21-23-63(24-22-61)40-14-15-43-39(26-40)32-65(54(43)68)46-16-17-47(66)58-53(46)67/h1,7,9-10,14-15,26-29,35-36,41,46H,4-6,8,11-13,16-25,30-34H2,2H3,(H,58,66,67)/t35?,36?,41-,46-/m0/s1. The van der Waals surface area contributed by atoms with Crippen LogP contribution in [-0.2, 0) is 20.9 Å². The van der Waals surface area contributed by atoms with Crippen molar-refractivity contribution in [1.29, 1.82) is 0 Å². The molecule has 3 amide bonds. The van der Waals surface area contributed by atoms with Gasteiger partial charge in [0.2, 0.25) is 11.8 Å². The van der Waals surface area contributed by atoms with Crippen LogP contribution in [0.3, 0.4) is 0 Å². The fourth-order valence-electron chi connectivity index (χ4n) is 12.2.